The normalized spacial score (nSPS) is 20.4. The highest BCUT2D eigenvalue weighted by Gasteiger charge is 2.29. The third-order valence-electron chi connectivity index (χ3n) is 4.46. The maximum Gasteiger partial charge on any atom is 0.407 e. The van der Waals surface area contributed by atoms with Gasteiger partial charge in [0, 0.05) is 12.6 Å². The fraction of sp³-hybridized carbons (Fsp3) is 0.737. The number of rotatable bonds is 4. The number of halogens is 1. The van der Waals surface area contributed by atoms with E-state index in [1.165, 1.54) is 4.68 Å². The number of hydrogen-bond donors (Lipinski definition) is 2. The van der Waals surface area contributed by atoms with E-state index in [0.717, 1.165) is 19.3 Å². The van der Waals surface area contributed by atoms with Gasteiger partial charge in [-0.15, -0.1) is 0 Å². The van der Waals surface area contributed by atoms with Gasteiger partial charge in [0.25, 0.3) is 5.56 Å². The van der Waals surface area contributed by atoms with E-state index in [0.29, 0.717) is 12.2 Å². The minimum atomic E-state index is -0.520. The number of aromatic nitrogens is 2. The molecule has 7 nitrogen and oxygen atoms in total. The first-order valence-electron chi connectivity index (χ1n) is 9.40. The van der Waals surface area contributed by atoms with Gasteiger partial charge in [-0.25, -0.2) is 9.48 Å². The molecule has 2 rings (SSSR count). The topological polar surface area (TPSA) is 85.2 Å². The van der Waals surface area contributed by atoms with E-state index in [1.54, 1.807) is 6.20 Å². The second-order valence-corrected chi connectivity index (χ2v) is 9.46. The number of hydrogen-bond acceptors (Lipinski definition) is 5. The highest BCUT2D eigenvalue weighted by molar-refractivity contribution is 6.32. The summed E-state index contributed by atoms with van der Waals surface area (Å²) in [5, 5.41) is 10.6. The molecule has 2 N–H and O–H groups in total. The van der Waals surface area contributed by atoms with Gasteiger partial charge in [-0.2, -0.15) is 5.10 Å². The molecule has 0 unspecified atom stereocenters. The van der Waals surface area contributed by atoms with E-state index in [9.17, 15) is 9.59 Å². The van der Waals surface area contributed by atoms with Crippen molar-refractivity contribution in [3.8, 4) is 0 Å². The minimum Gasteiger partial charge on any atom is -0.444 e. The summed E-state index contributed by atoms with van der Waals surface area (Å²) in [7, 11) is 0. The van der Waals surface area contributed by atoms with Crippen molar-refractivity contribution in [1.29, 1.82) is 0 Å². The highest BCUT2D eigenvalue weighted by Crippen LogP contribution is 2.30. The van der Waals surface area contributed by atoms with Crippen LogP contribution in [0.4, 0.5) is 10.5 Å². The van der Waals surface area contributed by atoms with Crippen molar-refractivity contribution >= 4 is 23.4 Å². The molecule has 8 heteroatoms. The Morgan fingerprint density at radius 1 is 1.30 bits per heavy atom. The van der Waals surface area contributed by atoms with Crippen LogP contribution in [0.5, 0.6) is 0 Å². The van der Waals surface area contributed by atoms with Gasteiger partial charge in [-0.3, -0.25) is 4.79 Å². The molecule has 1 amide bonds. The fourth-order valence-electron chi connectivity index (χ4n) is 3.21. The van der Waals surface area contributed by atoms with Gasteiger partial charge in [-0.1, -0.05) is 18.0 Å². The monoisotopic (exact) mass is 398 g/mol. The van der Waals surface area contributed by atoms with Gasteiger partial charge in [0.05, 0.1) is 17.4 Å². The molecule has 1 saturated carbocycles. The number of nitrogens with zero attached hydrogens (tertiary/aromatic N) is 2. The van der Waals surface area contributed by atoms with E-state index in [2.05, 4.69) is 15.7 Å². The van der Waals surface area contributed by atoms with E-state index in [4.69, 9.17) is 16.3 Å². The first kappa shape index (κ1) is 21.5. The van der Waals surface area contributed by atoms with Gasteiger partial charge in [0.15, 0.2) is 0 Å². The largest absolute Gasteiger partial charge is 0.444 e. The maximum absolute atomic E-state index is 12.5. The maximum atomic E-state index is 12.5. The Morgan fingerprint density at radius 3 is 2.56 bits per heavy atom. The summed E-state index contributed by atoms with van der Waals surface area (Å²) < 4.78 is 6.67. The molecule has 0 radical (unpaired) electrons. The molecule has 1 aromatic rings. The van der Waals surface area contributed by atoms with E-state index < -0.39 is 17.2 Å². The van der Waals surface area contributed by atoms with E-state index >= 15 is 0 Å². The summed E-state index contributed by atoms with van der Waals surface area (Å²) in [6, 6.07) is 0.115. The molecule has 1 aliphatic carbocycles. The summed E-state index contributed by atoms with van der Waals surface area (Å²) in [4.78, 5) is 24.4. The van der Waals surface area contributed by atoms with Crippen molar-refractivity contribution in [3.63, 3.8) is 0 Å². The Bertz CT molecular complexity index is 734. The van der Waals surface area contributed by atoms with Crippen LogP contribution in [0.2, 0.25) is 5.02 Å². The van der Waals surface area contributed by atoms with Crippen molar-refractivity contribution in [3.05, 3.63) is 21.6 Å². The summed E-state index contributed by atoms with van der Waals surface area (Å²) in [5.74, 6) is 0.235. The molecule has 1 aliphatic rings. The molecule has 2 atom stereocenters. The average molecular weight is 399 g/mol. The molecule has 152 valence electrons. The number of ether oxygens (including phenoxy) is 1. The predicted octanol–water partition coefficient (Wildman–Crippen LogP) is 3.76. The summed E-state index contributed by atoms with van der Waals surface area (Å²) >= 11 is 6.31. The molecule has 0 bridgehead atoms. The Kier molecular flexibility index (Phi) is 6.45. The third-order valence-corrected chi connectivity index (χ3v) is 4.83. The number of carbonyl (C=O) groups is 1. The lowest BCUT2D eigenvalue weighted by molar-refractivity contribution is 0.0519. The van der Waals surface area contributed by atoms with Crippen LogP contribution in [-0.2, 0) is 10.3 Å². The second kappa shape index (κ2) is 8.09. The van der Waals surface area contributed by atoms with Crippen molar-refractivity contribution in [2.24, 2.45) is 5.92 Å². The quantitative estimate of drug-likeness (QED) is 0.806. The molecule has 0 aliphatic heterocycles. The molecule has 1 fully saturated rings. The first-order chi connectivity index (χ1) is 12.4. The summed E-state index contributed by atoms with van der Waals surface area (Å²) in [6.45, 7) is 11.7. The molecule has 0 spiro atoms. The molecule has 0 saturated heterocycles. The molecule has 0 aromatic carbocycles. The van der Waals surface area contributed by atoms with Crippen LogP contribution in [0.25, 0.3) is 0 Å². The van der Waals surface area contributed by atoms with Gasteiger partial charge in [-0.05, 0) is 60.3 Å². The van der Waals surface area contributed by atoms with Crippen molar-refractivity contribution in [2.45, 2.75) is 78.0 Å². The lowest BCUT2D eigenvalue weighted by Crippen LogP contribution is -2.39. The van der Waals surface area contributed by atoms with Crippen molar-refractivity contribution < 1.29 is 9.53 Å². The Morgan fingerprint density at radius 2 is 1.96 bits per heavy atom. The smallest absolute Gasteiger partial charge is 0.407 e. The summed E-state index contributed by atoms with van der Waals surface area (Å²) in [5.41, 5.74) is -0.730. The Labute approximate surface area is 165 Å². The van der Waals surface area contributed by atoms with Crippen LogP contribution in [0.15, 0.2) is 11.0 Å². The van der Waals surface area contributed by atoms with Crippen LogP contribution in [0, 0.1) is 5.92 Å². The predicted molar refractivity (Wildman–Crippen MR) is 107 cm³/mol. The molecule has 1 aromatic heterocycles. The molecular formula is C19H31ClN4O3. The van der Waals surface area contributed by atoms with Gasteiger partial charge in [0.2, 0.25) is 0 Å². The lowest BCUT2D eigenvalue weighted by atomic mass is 10.0. The SMILES string of the molecule is CC(C)(C)OC(=O)NC[C@H]1CCC[C@@H]1Nc1cnn(C(C)(C)C)c(=O)c1Cl. The van der Waals surface area contributed by atoms with Gasteiger partial charge in [0.1, 0.15) is 10.6 Å². The Hall–Kier alpha value is -1.76. The zero-order valence-corrected chi connectivity index (χ0v) is 17.8. The zero-order chi connectivity index (χ0) is 20.4. The Balaban J connectivity index is 2.03. The van der Waals surface area contributed by atoms with Crippen LogP contribution in [0.1, 0.15) is 60.8 Å². The number of nitrogens with one attached hydrogen (secondary N) is 2. The van der Waals surface area contributed by atoms with Crippen LogP contribution < -0.4 is 16.2 Å². The average Bonchev–Trinajstić information content (AvgIpc) is 2.94. The number of anilines is 1. The van der Waals surface area contributed by atoms with Crippen LogP contribution in [-0.4, -0.2) is 34.1 Å². The standard InChI is InChI=1S/C19H31ClN4O3/c1-18(2,3)24-16(25)15(20)14(11-22-24)23-13-9-7-8-12(13)10-21-17(26)27-19(4,5)6/h11-13,23H,7-10H2,1-6H3,(H,21,26)/t12-,13+/m1/s1. The van der Waals surface area contributed by atoms with Gasteiger partial charge >= 0.3 is 6.09 Å². The van der Waals surface area contributed by atoms with Gasteiger partial charge < -0.3 is 15.4 Å². The number of amides is 1. The van der Waals surface area contributed by atoms with Crippen molar-refractivity contribution in [2.75, 3.05) is 11.9 Å². The number of alkyl carbamates (subject to hydrolysis) is 1. The number of carbonyl (C=O) groups excluding carboxylic acids is 1. The van der Waals surface area contributed by atoms with E-state index in [-0.39, 0.29) is 22.5 Å². The highest BCUT2D eigenvalue weighted by atomic mass is 35.5. The lowest BCUT2D eigenvalue weighted by Gasteiger charge is -2.25. The first-order valence-corrected chi connectivity index (χ1v) is 9.78. The van der Waals surface area contributed by atoms with Crippen molar-refractivity contribution in [1.82, 2.24) is 15.1 Å². The second-order valence-electron chi connectivity index (χ2n) is 9.08. The zero-order valence-electron chi connectivity index (χ0n) is 17.1. The minimum absolute atomic E-state index is 0.115. The molecule has 27 heavy (non-hydrogen) atoms. The summed E-state index contributed by atoms with van der Waals surface area (Å²) in [6.07, 6.45) is 4.16. The third kappa shape index (κ3) is 5.86. The fourth-order valence-corrected chi connectivity index (χ4v) is 3.39. The molecular weight excluding hydrogens is 368 g/mol. The van der Waals surface area contributed by atoms with Crippen LogP contribution in [0.3, 0.4) is 0 Å². The van der Waals surface area contributed by atoms with Crippen LogP contribution >= 0.6 is 11.6 Å². The molecule has 1 heterocycles. The van der Waals surface area contributed by atoms with E-state index in [1.807, 2.05) is 41.5 Å².